The second-order valence-corrected chi connectivity index (χ2v) is 6.09. The van der Waals surface area contributed by atoms with E-state index in [1.807, 2.05) is 0 Å². The topological polar surface area (TPSA) is 122 Å². The summed E-state index contributed by atoms with van der Waals surface area (Å²) in [6.45, 7) is 3.14. The van der Waals surface area contributed by atoms with Crippen molar-refractivity contribution < 1.29 is 23.1 Å². The number of hydrogen-bond acceptors (Lipinski definition) is 5. The molecule has 10 heteroatoms. The van der Waals surface area contributed by atoms with E-state index in [0.29, 0.717) is 6.54 Å². The van der Waals surface area contributed by atoms with Crippen molar-refractivity contribution in [3.63, 3.8) is 0 Å². The summed E-state index contributed by atoms with van der Waals surface area (Å²) >= 11 is 0. The minimum atomic E-state index is -3.88. The Kier molecular flexibility index (Phi) is 5.85. The average Bonchev–Trinajstić information content (AvgIpc) is 2.84. The Hall–Kier alpha value is -1.94. The molecule has 118 valence electrons. The molecule has 9 nitrogen and oxygen atoms in total. The molecular weight excluding hydrogens is 300 g/mol. The third-order valence-electron chi connectivity index (χ3n) is 2.59. The van der Waals surface area contributed by atoms with Crippen LogP contribution in [0, 0.1) is 0 Å². The van der Waals surface area contributed by atoms with Gasteiger partial charge in [0.2, 0.25) is 15.9 Å². The first-order valence-electron chi connectivity index (χ1n) is 6.32. The maximum atomic E-state index is 12.3. The zero-order valence-electron chi connectivity index (χ0n) is 11.8. The highest BCUT2D eigenvalue weighted by Gasteiger charge is 2.26. The maximum absolute atomic E-state index is 12.3. The van der Waals surface area contributed by atoms with Gasteiger partial charge in [-0.3, -0.25) is 14.3 Å². The minimum Gasteiger partial charge on any atom is -0.480 e. The number of carboxylic acid groups (broad SMARTS) is 1. The van der Waals surface area contributed by atoms with Crippen LogP contribution in [-0.2, 0) is 26.2 Å². The Balaban J connectivity index is 2.93. The molecular formula is C11H18N4O5S. The van der Waals surface area contributed by atoms with Gasteiger partial charge in [-0.15, -0.1) is 0 Å². The largest absolute Gasteiger partial charge is 0.480 e. The van der Waals surface area contributed by atoms with E-state index in [2.05, 4.69) is 10.4 Å². The number of nitrogens with zero attached hydrogens (tertiary/aromatic N) is 3. The van der Waals surface area contributed by atoms with Crippen LogP contribution in [0.1, 0.15) is 13.8 Å². The van der Waals surface area contributed by atoms with Crippen LogP contribution in [0.25, 0.3) is 0 Å². The Morgan fingerprint density at radius 2 is 2.10 bits per heavy atom. The van der Waals surface area contributed by atoms with Gasteiger partial charge in [0.1, 0.15) is 11.4 Å². The summed E-state index contributed by atoms with van der Waals surface area (Å²) in [5.74, 6) is -1.53. The number of carbonyl (C=O) groups excluding carboxylic acids is 1. The number of nitrogens with one attached hydrogen (secondary N) is 1. The molecule has 1 rings (SSSR count). The van der Waals surface area contributed by atoms with Crippen molar-refractivity contribution in [2.45, 2.75) is 25.3 Å². The Bertz CT molecular complexity index is 610. The van der Waals surface area contributed by atoms with Crippen LogP contribution in [0.15, 0.2) is 17.3 Å². The molecule has 0 bridgehead atoms. The second-order valence-electron chi connectivity index (χ2n) is 4.15. The minimum absolute atomic E-state index is 0.115. The van der Waals surface area contributed by atoms with Gasteiger partial charge < -0.3 is 10.4 Å². The lowest BCUT2D eigenvalue weighted by Gasteiger charge is -2.18. The Morgan fingerprint density at radius 3 is 2.62 bits per heavy atom. The number of sulfonamides is 1. The molecule has 1 aromatic rings. The van der Waals surface area contributed by atoms with Crippen LogP contribution in [0.5, 0.6) is 0 Å². The summed E-state index contributed by atoms with van der Waals surface area (Å²) in [7, 11) is -3.88. The third kappa shape index (κ3) is 4.53. The normalized spacial score (nSPS) is 11.6. The number of carboxylic acids is 1. The van der Waals surface area contributed by atoms with Crippen molar-refractivity contribution in [3.8, 4) is 0 Å². The van der Waals surface area contributed by atoms with E-state index in [1.54, 1.807) is 13.8 Å². The smallest absolute Gasteiger partial charge is 0.325 e. The van der Waals surface area contributed by atoms with E-state index in [-0.39, 0.29) is 18.0 Å². The number of aliphatic carboxylic acids is 1. The predicted molar refractivity (Wildman–Crippen MR) is 73.0 cm³/mol. The lowest BCUT2D eigenvalue weighted by atomic mass is 10.5. The fourth-order valence-electron chi connectivity index (χ4n) is 1.63. The molecule has 0 aliphatic rings. The van der Waals surface area contributed by atoms with Gasteiger partial charge in [-0.1, -0.05) is 6.92 Å². The van der Waals surface area contributed by atoms with Gasteiger partial charge in [0.05, 0.1) is 12.7 Å². The fraction of sp³-hybridized carbons (Fsp3) is 0.545. The molecule has 0 radical (unpaired) electrons. The molecule has 0 saturated carbocycles. The van der Waals surface area contributed by atoms with Crippen LogP contribution < -0.4 is 5.32 Å². The lowest BCUT2D eigenvalue weighted by Crippen LogP contribution is -2.40. The molecule has 1 aromatic heterocycles. The second kappa shape index (κ2) is 7.18. The molecule has 21 heavy (non-hydrogen) atoms. The molecule has 1 heterocycles. The van der Waals surface area contributed by atoms with E-state index in [0.717, 1.165) is 21.4 Å². The van der Waals surface area contributed by atoms with Gasteiger partial charge in [0.15, 0.2) is 0 Å². The number of amides is 1. The van der Waals surface area contributed by atoms with Gasteiger partial charge >= 0.3 is 5.97 Å². The Labute approximate surface area is 122 Å². The van der Waals surface area contributed by atoms with Crippen molar-refractivity contribution in [2.75, 3.05) is 19.6 Å². The number of likely N-dealkylation sites (N-methyl/N-ethyl adjacent to an activating group) is 2. The van der Waals surface area contributed by atoms with Crippen molar-refractivity contribution in [3.05, 3.63) is 12.4 Å². The summed E-state index contributed by atoms with van der Waals surface area (Å²) in [5.41, 5.74) is 0. The van der Waals surface area contributed by atoms with Gasteiger partial charge in [-0.05, 0) is 6.92 Å². The third-order valence-corrected chi connectivity index (χ3v) is 4.46. The van der Waals surface area contributed by atoms with E-state index >= 15 is 0 Å². The molecule has 0 atom stereocenters. The van der Waals surface area contributed by atoms with Crippen molar-refractivity contribution in [2.24, 2.45) is 0 Å². The average molecular weight is 318 g/mol. The standard InChI is InChI=1S/C11H18N4O5S/c1-3-12-10(16)7-15(4-2)21(19,20)9-5-13-14(6-9)8-11(17)18/h5-6H,3-4,7-8H2,1-2H3,(H,12,16)(H,17,18). The number of aromatic nitrogens is 2. The molecule has 1 amide bonds. The maximum Gasteiger partial charge on any atom is 0.325 e. The first kappa shape index (κ1) is 17.1. The summed E-state index contributed by atoms with van der Waals surface area (Å²) in [4.78, 5) is 21.9. The van der Waals surface area contributed by atoms with E-state index in [4.69, 9.17) is 5.11 Å². The van der Waals surface area contributed by atoms with E-state index < -0.39 is 28.4 Å². The zero-order chi connectivity index (χ0) is 16.0. The van der Waals surface area contributed by atoms with Gasteiger partial charge in [0.25, 0.3) is 0 Å². The number of hydrogen-bond donors (Lipinski definition) is 2. The van der Waals surface area contributed by atoms with Gasteiger partial charge in [0, 0.05) is 19.3 Å². The van der Waals surface area contributed by atoms with Crippen LogP contribution in [0.4, 0.5) is 0 Å². The molecule has 0 saturated heterocycles. The van der Waals surface area contributed by atoms with E-state index in [1.165, 1.54) is 0 Å². The summed E-state index contributed by atoms with van der Waals surface area (Å²) in [6.07, 6.45) is 2.20. The van der Waals surface area contributed by atoms with Crippen molar-refractivity contribution in [1.29, 1.82) is 0 Å². The molecule has 0 unspecified atom stereocenters. The van der Waals surface area contributed by atoms with Crippen LogP contribution in [-0.4, -0.2) is 59.1 Å². The zero-order valence-corrected chi connectivity index (χ0v) is 12.6. The summed E-state index contributed by atoms with van der Waals surface area (Å²) in [5, 5.41) is 14.8. The number of rotatable bonds is 8. The molecule has 0 aromatic carbocycles. The molecule has 0 aliphatic heterocycles. The summed E-state index contributed by atoms with van der Waals surface area (Å²) in [6, 6.07) is 0. The van der Waals surface area contributed by atoms with Gasteiger partial charge in [-0.2, -0.15) is 9.40 Å². The van der Waals surface area contributed by atoms with Crippen molar-refractivity contribution in [1.82, 2.24) is 19.4 Å². The monoisotopic (exact) mass is 318 g/mol. The number of carbonyl (C=O) groups is 2. The predicted octanol–water partition coefficient (Wildman–Crippen LogP) is -0.886. The highest BCUT2D eigenvalue weighted by Crippen LogP contribution is 2.14. The highest BCUT2D eigenvalue weighted by molar-refractivity contribution is 7.89. The van der Waals surface area contributed by atoms with E-state index in [9.17, 15) is 18.0 Å². The molecule has 0 aliphatic carbocycles. The fourth-order valence-corrected chi connectivity index (χ4v) is 2.99. The first-order valence-corrected chi connectivity index (χ1v) is 7.76. The highest BCUT2D eigenvalue weighted by atomic mass is 32.2. The van der Waals surface area contributed by atoms with Crippen LogP contribution >= 0.6 is 0 Å². The molecule has 2 N–H and O–H groups in total. The quantitative estimate of drug-likeness (QED) is 0.641. The van der Waals surface area contributed by atoms with Gasteiger partial charge in [-0.25, -0.2) is 8.42 Å². The van der Waals surface area contributed by atoms with Crippen LogP contribution in [0.3, 0.4) is 0 Å². The molecule has 0 spiro atoms. The first-order chi connectivity index (χ1) is 9.81. The SMILES string of the molecule is CCNC(=O)CN(CC)S(=O)(=O)c1cnn(CC(=O)O)c1. The lowest BCUT2D eigenvalue weighted by molar-refractivity contribution is -0.137. The van der Waals surface area contributed by atoms with Crippen LogP contribution in [0.2, 0.25) is 0 Å². The molecule has 0 fully saturated rings. The van der Waals surface area contributed by atoms with Crippen molar-refractivity contribution >= 4 is 21.9 Å². The Morgan fingerprint density at radius 1 is 1.43 bits per heavy atom. The summed E-state index contributed by atoms with van der Waals surface area (Å²) < 4.78 is 26.7.